The molecule has 0 radical (unpaired) electrons. The van der Waals surface area contributed by atoms with Crippen LogP contribution in [-0.4, -0.2) is 34.1 Å². The molecule has 0 aliphatic rings. The van der Waals surface area contributed by atoms with Gasteiger partial charge in [0.05, 0.1) is 11.5 Å². The zero-order valence-corrected chi connectivity index (χ0v) is 13.5. The second kappa shape index (κ2) is 7.47. The molecular weight excluding hydrogens is 342 g/mol. The Kier molecular flexibility index (Phi) is 4.92. The van der Waals surface area contributed by atoms with Gasteiger partial charge in [-0.15, -0.1) is 0 Å². The van der Waals surface area contributed by atoms with Crippen LogP contribution in [0.4, 0.5) is 11.7 Å². The normalized spacial score (nSPS) is 10.6. The third kappa shape index (κ3) is 3.69. The van der Waals surface area contributed by atoms with Gasteiger partial charge in [0.1, 0.15) is 4.92 Å². The lowest BCUT2D eigenvalue weighted by Crippen LogP contribution is -2.25. The molecule has 3 rings (SSSR count). The number of fused-ring (bicyclic) bond motifs is 1. The van der Waals surface area contributed by atoms with E-state index in [-0.39, 0.29) is 11.3 Å². The number of benzene rings is 1. The molecule has 1 amide bonds. The Labute approximate surface area is 146 Å². The number of rotatable bonds is 7. The summed E-state index contributed by atoms with van der Waals surface area (Å²) < 4.78 is 4.82. The van der Waals surface area contributed by atoms with Crippen LogP contribution in [0.1, 0.15) is 17.0 Å². The highest BCUT2D eigenvalue weighted by Gasteiger charge is 2.16. The number of aromatic nitrogens is 2. The molecule has 0 aliphatic carbocycles. The van der Waals surface area contributed by atoms with Gasteiger partial charge in [-0.2, -0.15) is 5.10 Å². The molecule has 0 aliphatic heterocycles. The zero-order chi connectivity index (χ0) is 18.5. The SMILES string of the molecule is O=C(NCCCNc1n[nH]c(=O)c2ccccc12)c1ccc([N+](=O)[O-])o1. The molecule has 1 aromatic carbocycles. The molecule has 10 heteroatoms. The minimum Gasteiger partial charge on any atom is -0.395 e. The Hall–Kier alpha value is -3.69. The number of H-pyrrole nitrogens is 1. The molecule has 10 nitrogen and oxygen atoms in total. The Bertz CT molecular complexity index is 1010. The van der Waals surface area contributed by atoms with Crippen LogP contribution in [0.2, 0.25) is 0 Å². The maximum absolute atomic E-state index is 11.8. The number of amides is 1. The number of nitrogens with zero attached hydrogens (tertiary/aromatic N) is 2. The number of furan rings is 1. The summed E-state index contributed by atoms with van der Waals surface area (Å²) in [6.07, 6.45) is 0.573. The Morgan fingerprint density at radius 1 is 1.19 bits per heavy atom. The minimum atomic E-state index is -0.706. The molecule has 2 heterocycles. The first kappa shape index (κ1) is 17.1. The van der Waals surface area contributed by atoms with Gasteiger partial charge in [-0.25, -0.2) is 5.10 Å². The van der Waals surface area contributed by atoms with E-state index in [0.717, 1.165) is 6.07 Å². The summed E-state index contributed by atoms with van der Waals surface area (Å²) in [5, 5.41) is 23.9. The smallest absolute Gasteiger partial charge is 0.395 e. The second-order valence-corrected chi connectivity index (χ2v) is 5.38. The summed E-state index contributed by atoms with van der Waals surface area (Å²) in [5.41, 5.74) is -0.258. The van der Waals surface area contributed by atoms with E-state index in [9.17, 15) is 19.7 Å². The van der Waals surface area contributed by atoms with Crippen LogP contribution < -0.4 is 16.2 Å². The largest absolute Gasteiger partial charge is 0.433 e. The van der Waals surface area contributed by atoms with Crippen molar-refractivity contribution in [1.29, 1.82) is 0 Å². The highest BCUT2D eigenvalue weighted by Crippen LogP contribution is 2.17. The van der Waals surface area contributed by atoms with Crippen molar-refractivity contribution < 1.29 is 14.1 Å². The quantitative estimate of drug-likeness (QED) is 0.331. The van der Waals surface area contributed by atoms with Crippen molar-refractivity contribution in [2.24, 2.45) is 0 Å². The van der Waals surface area contributed by atoms with Crippen molar-refractivity contribution >= 4 is 28.4 Å². The van der Waals surface area contributed by atoms with Gasteiger partial charge in [0.2, 0.25) is 0 Å². The van der Waals surface area contributed by atoms with E-state index in [1.165, 1.54) is 6.07 Å². The lowest BCUT2D eigenvalue weighted by molar-refractivity contribution is -0.402. The predicted octanol–water partition coefficient (Wildman–Crippen LogP) is 1.66. The highest BCUT2D eigenvalue weighted by atomic mass is 16.6. The van der Waals surface area contributed by atoms with Gasteiger partial charge < -0.3 is 15.1 Å². The molecule has 134 valence electrons. The number of carbonyl (C=O) groups is 1. The lowest BCUT2D eigenvalue weighted by Gasteiger charge is -2.08. The molecule has 0 saturated carbocycles. The first-order chi connectivity index (χ1) is 12.6. The van der Waals surface area contributed by atoms with Gasteiger partial charge in [0, 0.05) is 18.5 Å². The molecule has 26 heavy (non-hydrogen) atoms. The number of anilines is 1. The average molecular weight is 357 g/mol. The van der Waals surface area contributed by atoms with Crippen LogP contribution in [-0.2, 0) is 0 Å². The van der Waals surface area contributed by atoms with Crippen LogP contribution in [0.25, 0.3) is 10.8 Å². The van der Waals surface area contributed by atoms with Crippen LogP contribution in [0.3, 0.4) is 0 Å². The zero-order valence-electron chi connectivity index (χ0n) is 13.5. The first-order valence-corrected chi connectivity index (χ1v) is 7.80. The topological polar surface area (TPSA) is 143 Å². The molecule has 0 saturated heterocycles. The van der Waals surface area contributed by atoms with Gasteiger partial charge in [-0.3, -0.25) is 19.7 Å². The molecule has 3 aromatic rings. The van der Waals surface area contributed by atoms with E-state index in [4.69, 9.17) is 4.42 Å². The van der Waals surface area contributed by atoms with E-state index in [0.29, 0.717) is 36.1 Å². The van der Waals surface area contributed by atoms with Gasteiger partial charge in [-0.1, -0.05) is 18.2 Å². The average Bonchev–Trinajstić information content (AvgIpc) is 3.14. The number of aromatic amines is 1. The maximum Gasteiger partial charge on any atom is 0.433 e. The monoisotopic (exact) mass is 357 g/mol. The van der Waals surface area contributed by atoms with Crippen LogP contribution in [0, 0.1) is 10.1 Å². The number of nitrogens with one attached hydrogen (secondary N) is 3. The summed E-state index contributed by atoms with van der Waals surface area (Å²) in [6.45, 7) is 0.837. The standard InChI is InChI=1S/C16H15N5O5/c22-15-11-5-2-1-4-10(11)14(19-20-15)17-8-3-9-18-16(23)12-6-7-13(26-12)21(24)25/h1-2,4-7H,3,8-9H2,(H,17,19)(H,18,23)(H,20,22). The molecule has 0 unspecified atom stereocenters. The van der Waals surface area contributed by atoms with Crippen LogP contribution >= 0.6 is 0 Å². The van der Waals surface area contributed by atoms with Gasteiger partial charge >= 0.3 is 5.88 Å². The fraction of sp³-hybridized carbons (Fsp3) is 0.188. The summed E-state index contributed by atoms with van der Waals surface area (Å²) >= 11 is 0. The van der Waals surface area contributed by atoms with E-state index in [1.54, 1.807) is 18.2 Å². The highest BCUT2D eigenvalue weighted by molar-refractivity contribution is 5.92. The number of hydrogen-bond acceptors (Lipinski definition) is 7. The van der Waals surface area contributed by atoms with Crippen molar-refractivity contribution in [2.75, 3.05) is 18.4 Å². The Morgan fingerprint density at radius 2 is 1.96 bits per heavy atom. The fourth-order valence-electron chi connectivity index (χ4n) is 2.38. The van der Waals surface area contributed by atoms with Crippen molar-refractivity contribution in [3.05, 3.63) is 62.6 Å². The number of carbonyl (C=O) groups excluding carboxylic acids is 1. The fourth-order valence-corrected chi connectivity index (χ4v) is 2.38. The molecular formula is C16H15N5O5. The Balaban J connectivity index is 1.50. The molecule has 0 spiro atoms. The van der Waals surface area contributed by atoms with Gasteiger partial charge in [-0.05, 0) is 18.6 Å². The van der Waals surface area contributed by atoms with Gasteiger partial charge in [0.25, 0.3) is 11.5 Å². The van der Waals surface area contributed by atoms with Crippen molar-refractivity contribution in [3.63, 3.8) is 0 Å². The third-order valence-electron chi connectivity index (χ3n) is 3.62. The molecule has 0 bridgehead atoms. The van der Waals surface area contributed by atoms with Crippen LogP contribution in [0.15, 0.2) is 45.6 Å². The van der Waals surface area contributed by atoms with Crippen molar-refractivity contribution in [3.8, 4) is 0 Å². The van der Waals surface area contributed by atoms with E-state index >= 15 is 0 Å². The summed E-state index contributed by atoms with van der Waals surface area (Å²) in [6, 6.07) is 9.48. The number of hydrogen-bond donors (Lipinski definition) is 3. The second-order valence-electron chi connectivity index (χ2n) is 5.38. The van der Waals surface area contributed by atoms with Crippen molar-refractivity contribution in [2.45, 2.75) is 6.42 Å². The lowest BCUT2D eigenvalue weighted by atomic mass is 10.2. The number of nitro groups is 1. The maximum atomic E-state index is 11.8. The Morgan fingerprint density at radius 3 is 2.69 bits per heavy atom. The molecule has 0 fully saturated rings. The minimum absolute atomic E-state index is 0.113. The van der Waals surface area contributed by atoms with E-state index < -0.39 is 16.7 Å². The summed E-state index contributed by atoms with van der Waals surface area (Å²) in [4.78, 5) is 33.4. The van der Waals surface area contributed by atoms with Gasteiger partial charge in [0.15, 0.2) is 11.6 Å². The molecule has 0 atom stereocenters. The predicted molar refractivity (Wildman–Crippen MR) is 93.2 cm³/mol. The first-order valence-electron chi connectivity index (χ1n) is 7.80. The summed E-state index contributed by atoms with van der Waals surface area (Å²) in [7, 11) is 0. The van der Waals surface area contributed by atoms with Crippen molar-refractivity contribution in [1.82, 2.24) is 15.5 Å². The molecule has 2 aromatic heterocycles. The van der Waals surface area contributed by atoms with E-state index in [2.05, 4.69) is 20.8 Å². The van der Waals surface area contributed by atoms with Crippen LogP contribution in [0.5, 0.6) is 0 Å². The van der Waals surface area contributed by atoms with E-state index in [1.807, 2.05) is 6.07 Å². The summed E-state index contributed by atoms with van der Waals surface area (Å²) in [5.74, 6) is -0.565. The molecule has 3 N–H and O–H groups in total. The third-order valence-corrected chi connectivity index (χ3v) is 3.62.